The molecule has 112 valence electrons. The van der Waals surface area contributed by atoms with E-state index in [2.05, 4.69) is 4.98 Å². The van der Waals surface area contributed by atoms with Gasteiger partial charge in [-0.1, -0.05) is 30.3 Å². The molecule has 0 saturated carbocycles. The first-order valence-corrected chi connectivity index (χ1v) is 7.14. The Balaban J connectivity index is 2.23. The number of fused-ring (bicyclic) bond motifs is 2. The first kappa shape index (κ1) is 13.3. The Morgan fingerprint density at radius 3 is 2.61 bits per heavy atom. The number of para-hydroxylation sites is 1. The molecule has 5 heteroatoms. The van der Waals surface area contributed by atoms with Crippen LogP contribution in [0.1, 0.15) is 0 Å². The Morgan fingerprint density at radius 1 is 1.04 bits per heavy atom. The predicted molar refractivity (Wildman–Crippen MR) is 90.5 cm³/mol. The van der Waals surface area contributed by atoms with Gasteiger partial charge < -0.3 is 10.8 Å². The van der Waals surface area contributed by atoms with Crippen molar-refractivity contribution in [3.8, 4) is 17.0 Å². The third kappa shape index (κ3) is 1.94. The second-order valence-corrected chi connectivity index (χ2v) is 5.30. The van der Waals surface area contributed by atoms with Crippen molar-refractivity contribution >= 4 is 22.1 Å². The highest BCUT2D eigenvalue weighted by atomic mass is 16.3. The number of phenols is 1. The third-order valence-corrected chi connectivity index (χ3v) is 3.94. The first-order valence-electron chi connectivity index (χ1n) is 7.14. The maximum absolute atomic E-state index is 12.9. The van der Waals surface area contributed by atoms with Crippen molar-refractivity contribution < 1.29 is 5.11 Å². The molecule has 3 N–H and O–H groups in total. The van der Waals surface area contributed by atoms with Gasteiger partial charge in [0, 0.05) is 10.9 Å². The molecule has 0 unspecified atom stereocenters. The normalized spacial score (nSPS) is 11.1. The highest BCUT2D eigenvalue weighted by Crippen LogP contribution is 2.29. The Kier molecular flexibility index (Phi) is 2.81. The van der Waals surface area contributed by atoms with E-state index < -0.39 is 0 Å². The third-order valence-electron chi connectivity index (χ3n) is 3.94. The van der Waals surface area contributed by atoms with Crippen molar-refractivity contribution in [3.05, 3.63) is 71.1 Å². The number of hydrogen-bond acceptors (Lipinski definition) is 4. The molecule has 0 aliphatic heterocycles. The summed E-state index contributed by atoms with van der Waals surface area (Å²) < 4.78 is 1.50. The number of aromatic nitrogens is 2. The molecular formula is C18H13N3O2. The molecule has 0 amide bonds. The van der Waals surface area contributed by atoms with Crippen molar-refractivity contribution in [3.63, 3.8) is 0 Å². The van der Waals surface area contributed by atoms with E-state index in [1.54, 1.807) is 30.3 Å². The average Bonchev–Trinajstić information content (AvgIpc) is 2.57. The zero-order valence-electron chi connectivity index (χ0n) is 12.1. The van der Waals surface area contributed by atoms with E-state index in [-0.39, 0.29) is 17.1 Å². The maximum Gasteiger partial charge on any atom is 0.263 e. The smallest absolute Gasteiger partial charge is 0.263 e. The zero-order valence-corrected chi connectivity index (χ0v) is 12.1. The fourth-order valence-corrected chi connectivity index (χ4v) is 2.82. The van der Waals surface area contributed by atoms with Gasteiger partial charge in [0.15, 0.2) is 0 Å². The van der Waals surface area contributed by atoms with Crippen LogP contribution < -0.4 is 11.3 Å². The van der Waals surface area contributed by atoms with Gasteiger partial charge in [0.25, 0.3) is 5.56 Å². The maximum atomic E-state index is 12.9. The molecule has 0 aliphatic rings. The second-order valence-electron chi connectivity index (χ2n) is 5.30. The van der Waals surface area contributed by atoms with Crippen LogP contribution in [0.25, 0.3) is 27.5 Å². The van der Waals surface area contributed by atoms with Crippen molar-refractivity contribution in [2.75, 3.05) is 5.73 Å². The monoisotopic (exact) mass is 303 g/mol. The molecule has 23 heavy (non-hydrogen) atoms. The Labute approximate surface area is 131 Å². The summed E-state index contributed by atoms with van der Waals surface area (Å²) in [4.78, 5) is 17.1. The van der Waals surface area contributed by atoms with E-state index in [4.69, 9.17) is 5.73 Å². The molecule has 2 aromatic carbocycles. The summed E-state index contributed by atoms with van der Waals surface area (Å²) in [7, 11) is 0. The van der Waals surface area contributed by atoms with E-state index in [1.807, 2.05) is 24.3 Å². The summed E-state index contributed by atoms with van der Waals surface area (Å²) in [5.41, 5.74) is 7.33. The van der Waals surface area contributed by atoms with Gasteiger partial charge in [-0.2, -0.15) is 0 Å². The van der Waals surface area contributed by atoms with Crippen LogP contribution in [0.3, 0.4) is 0 Å². The van der Waals surface area contributed by atoms with Crippen LogP contribution in [0.4, 0.5) is 5.82 Å². The number of phenolic OH excluding ortho intramolecular Hbond substituents is 1. The van der Waals surface area contributed by atoms with Gasteiger partial charge in [-0.15, -0.1) is 0 Å². The number of benzene rings is 2. The molecule has 0 spiro atoms. The van der Waals surface area contributed by atoms with Gasteiger partial charge in [0.1, 0.15) is 11.6 Å². The minimum Gasteiger partial charge on any atom is -0.507 e. The van der Waals surface area contributed by atoms with E-state index in [9.17, 15) is 9.90 Å². The summed E-state index contributed by atoms with van der Waals surface area (Å²) in [6, 6.07) is 16.0. The SMILES string of the molecule is Nc1ncc(-c2ccccc2O)n2c(=O)c3ccccc3cc12. The number of nitrogen functional groups attached to an aromatic ring is 1. The van der Waals surface area contributed by atoms with Crippen LogP contribution in [0.15, 0.2) is 65.6 Å². The summed E-state index contributed by atoms with van der Waals surface area (Å²) in [5.74, 6) is 0.354. The van der Waals surface area contributed by atoms with Gasteiger partial charge in [0.2, 0.25) is 0 Å². The standard InChI is InChI=1S/C18H13N3O2/c19-17-14-9-11-5-1-2-6-12(11)18(23)21(14)15(10-20-17)13-7-3-4-8-16(13)22/h1-10,22H,(H2,19,20). The molecule has 0 bridgehead atoms. The number of pyridine rings is 1. The molecule has 0 saturated heterocycles. The van der Waals surface area contributed by atoms with E-state index in [0.717, 1.165) is 5.39 Å². The van der Waals surface area contributed by atoms with Crippen LogP contribution in [0, 0.1) is 0 Å². The van der Waals surface area contributed by atoms with Crippen molar-refractivity contribution in [1.82, 2.24) is 9.38 Å². The number of rotatable bonds is 1. The Morgan fingerprint density at radius 2 is 1.78 bits per heavy atom. The minimum absolute atomic E-state index is 0.0837. The molecule has 5 nitrogen and oxygen atoms in total. The summed E-state index contributed by atoms with van der Waals surface area (Å²) in [6.07, 6.45) is 1.51. The molecule has 0 fully saturated rings. The second kappa shape index (κ2) is 4.84. The van der Waals surface area contributed by atoms with Crippen LogP contribution in [-0.2, 0) is 0 Å². The van der Waals surface area contributed by atoms with Gasteiger partial charge in [-0.05, 0) is 29.7 Å². The summed E-state index contributed by atoms with van der Waals surface area (Å²) in [5, 5.41) is 11.5. The summed E-state index contributed by atoms with van der Waals surface area (Å²) in [6.45, 7) is 0. The lowest BCUT2D eigenvalue weighted by Gasteiger charge is -2.12. The fourth-order valence-electron chi connectivity index (χ4n) is 2.82. The molecule has 2 aromatic heterocycles. The van der Waals surface area contributed by atoms with E-state index in [0.29, 0.717) is 22.2 Å². The quantitative estimate of drug-likeness (QED) is 0.530. The lowest BCUT2D eigenvalue weighted by atomic mass is 10.1. The molecule has 4 rings (SSSR count). The van der Waals surface area contributed by atoms with Crippen molar-refractivity contribution in [2.45, 2.75) is 0 Å². The average molecular weight is 303 g/mol. The Hall–Kier alpha value is -3.34. The van der Waals surface area contributed by atoms with Gasteiger partial charge >= 0.3 is 0 Å². The van der Waals surface area contributed by atoms with Crippen LogP contribution in [0.5, 0.6) is 5.75 Å². The van der Waals surface area contributed by atoms with Gasteiger partial charge in [-0.25, -0.2) is 4.98 Å². The van der Waals surface area contributed by atoms with Crippen LogP contribution in [0.2, 0.25) is 0 Å². The summed E-state index contributed by atoms with van der Waals surface area (Å²) >= 11 is 0. The largest absolute Gasteiger partial charge is 0.507 e. The van der Waals surface area contributed by atoms with Crippen LogP contribution in [-0.4, -0.2) is 14.5 Å². The zero-order chi connectivity index (χ0) is 16.0. The van der Waals surface area contributed by atoms with E-state index in [1.165, 1.54) is 10.6 Å². The molecular weight excluding hydrogens is 290 g/mol. The number of nitrogens with two attached hydrogens (primary N) is 1. The number of nitrogens with zero attached hydrogens (tertiary/aromatic N) is 2. The molecule has 4 aromatic rings. The number of anilines is 1. The van der Waals surface area contributed by atoms with Gasteiger partial charge in [-0.3, -0.25) is 9.20 Å². The highest BCUT2D eigenvalue weighted by molar-refractivity contribution is 5.89. The minimum atomic E-state index is -0.189. The van der Waals surface area contributed by atoms with Gasteiger partial charge in [0.05, 0.1) is 17.4 Å². The van der Waals surface area contributed by atoms with Crippen LogP contribution >= 0.6 is 0 Å². The number of hydrogen-bond donors (Lipinski definition) is 2. The molecule has 0 atom stereocenters. The topological polar surface area (TPSA) is 80.6 Å². The molecule has 0 radical (unpaired) electrons. The molecule has 0 aliphatic carbocycles. The van der Waals surface area contributed by atoms with Crippen molar-refractivity contribution in [1.29, 1.82) is 0 Å². The number of aromatic hydroxyl groups is 1. The first-order chi connectivity index (χ1) is 11.2. The van der Waals surface area contributed by atoms with Crippen molar-refractivity contribution in [2.24, 2.45) is 0 Å². The lowest BCUT2D eigenvalue weighted by Crippen LogP contribution is -2.17. The Bertz CT molecular complexity index is 1120. The highest BCUT2D eigenvalue weighted by Gasteiger charge is 2.14. The van der Waals surface area contributed by atoms with E-state index >= 15 is 0 Å². The predicted octanol–water partition coefficient (Wildman–Crippen LogP) is 2.80. The molecule has 2 heterocycles. The lowest BCUT2D eigenvalue weighted by molar-refractivity contribution is 0.477. The fraction of sp³-hybridized carbons (Fsp3) is 0.